The molecule has 2 amide bonds. The van der Waals surface area contributed by atoms with Gasteiger partial charge in [-0.1, -0.05) is 15.9 Å². The third kappa shape index (κ3) is 5.17. The van der Waals surface area contributed by atoms with Crippen LogP contribution in [-0.2, 0) is 4.74 Å². The number of carbonyl (C=O) groups excluding carboxylic acids is 2. The zero-order valence-corrected chi connectivity index (χ0v) is 19.2. The fourth-order valence-corrected chi connectivity index (χ4v) is 4.36. The van der Waals surface area contributed by atoms with Crippen molar-refractivity contribution in [3.8, 4) is 0 Å². The number of hydrogen-bond acceptors (Lipinski definition) is 8. The molecule has 2 aromatic rings. The van der Waals surface area contributed by atoms with Crippen molar-refractivity contribution in [3.05, 3.63) is 40.0 Å². The minimum absolute atomic E-state index is 0.0541. The summed E-state index contributed by atoms with van der Waals surface area (Å²) in [6.45, 7) is 3.58. The van der Waals surface area contributed by atoms with Crippen LogP contribution < -0.4 is 21.7 Å². The number of anilines is 3. The molecule has 0 saturated carbocycles. The van der Waals surface area contributed by atoms with Crippen LogP contribution in [0.4, 0.5) is 17.5 Å². The molecule has 2 saturated heterocycles. The lowest BCUT2D eigenvalue weighted by molar-refractivity contribution is 0.0303. The number of nitrogens with one attached hydrogen (secondary N) is 1. The van der Waals surface area contributed by atoms with Crippen molar-refractivity contribution in [2.45, 2.75) is 18.9 Å². The lowest BCUT2D eigenvalue weighted by atomic mass is 10.1. The van der Waals surface area contributed by atoms with Gasteiger partial charge in [0, 0.05) is 54.1 Å². The second kappa shape index (κ2) is 9.80. The average Bonchev–Trinajstić information content (AvgIpc) is 2.78. The molecule has 1 unspecified atom stereocenters. The number of ether oxygens (including phenoxy) is 1. The number of morpholine rings is 1. The summed E-state index contributed by atoms with van der Waals surface area (Å²) in [4.78, 5) is 37.6. The molecule has 170 valence electrons. The maximum absolute atomic E-state index is 12.9. The summed E-state index contributed by atoms with van der Waals surface area (Å²) in [6, 6.07) is 5.35. The first kappa shape index (κ1) is 22.4. The molecule has 1 aromatic heterocycles. The third-order valence-corrected chi connectivity index (χ3v) is 5.95. The Bertz CT molecular complexity index is 1010. The van der Waals surface area contributed by atoms with Crippen LogP contribution in [0.15, 0.2) is 28.9 Å². The molecule has 11 heteroatoms. The van der Waals surface area contributed by atoms with E-state index in [4.69, 9.17) is 16.2 Å². The molecule has 1 aromatic carbocycles. The number of amides is 2. The predicted octanol–water partition coefficient (Wildman–Crippen LogP) is 1.48. The van der Waals surface area contributed by atoms with E-state index in [-0.39, 0.29) is 23.3 Å². The van der Waals surface area contributed by atoms with Crippen molar-refractivity contribution in [3.63, 3.8) is 0 Å². The van der Waals surface area contributed by atoms with Crippen LogP contribution in [0, 0.1) is 0 Å². The first-order valence-corrected chi connectivity index (χ1v) is 11.3. The molecule has 0 bridgehead atoms. The number of piperidine rings is 1. The molecule has 2 aliphatic heterocycles. The highest BCUT2D eigenvalue weighted by atomic mass is 79.9. The van der Waals surface area contributed by atoms with Gasteiger partial charge in [0.05, 0.1) is 13.2 Å². The first-order valence-electron chi connectivity index (χ1n) is 10.5. The Kier molecular flexibility index (Phi) is 6.87. The van der Waals surface area contributed by atoms with E-state index in [1.807, 2.05) is 4.90 Å². The Balaban J connectivity index is 1.62. The number of halogens is 1. The van der Waals surface area contributed by atoms with E-state index >= 15 is 0 Å². The quantitative estimate of drug-likeness (QED) is 0.557. The van der Waals surface area contributed by atoms with E-state index < -0.39 is 5.91 Å². The van der Waals surface area contributed by atoms with Crippen LogP contribution in [0.25, 0.3) is 0 Å². The number of nitrogens with two attached hydrogens (primary N) is 2. The van der Waals surface area contributed by atoms with Crippen molar-refractivity contribution in [1.82, 2.24) is 14.9 Å². The van der Waals surface area contributed by atoms with Crippen LogP contribution in [0.5, 0.6) is 0 Å². The number of nitrogens with zero attached hydrogens (tertiary/aromatic N) is 4. The molecule has 1 atom stereocenters. The van der Waals surface area contributed by atoms with Crippen LogP contribution in [0.2, 0.25) is 0 Å². The molecule has 32 heavy (non-hydrogen) atoms. The van der Waals surface area contributed by atoms with E-state index in [1.54, 1.807) is 23.1 Å². The molecule has 5 N–H and O–H groups in total. The van der Waals surface area contributed by atoms with Gasteiger partial charge in [0.25, 0.3) is 11.8 Å². The highest BCUT2D eigenvalue weighted by molar-refractivity contribution is 9.10. The van der Waals surface area contributed by atoms with E-state index in [0.29, 0.717) is 50.0 Å². The summed E-state index contributed by atoms with van der Waals surface area (Å²) in [7, 11) is 0. The Morgan fingerprint density at radius 2 is 1.97 bits per heavy atom. The second-order valence-electron chi connectivity index (χ2n) is 7.90. The summed E-state index contributed by atoms with van der Waals surface area (Å²) in [5.74, 6) is 0.0317. The molecule has 0 spiro atoms. The number of benzene rings is 1. The van der Waals surface area contributed by atoms with Gasteiger partial charge in [-0.2, -0.15) is 4.98 Å². The predicted molar refractivity (Wildman–Crippen MR) is 124 cm³/mol. The van der Waals surface area contributed by atoms with Crippen LogP contribution >= 0.6 is 15.9 Å². The highest BCUT2D eigenvalue weighted by Gasteiger charge is 2.22. The minimum atomic E-state index is -0.644. The van der Waals surface area contributed by atoms with E-state index in [1.165, 1.54) is 6.20 Å². The molecule has 0 radical (unpaired) electrons. The van der Waals surface area contributed by atoms with Gasteiger partial charge >= 0.3 is 0 Å². The Morgan fingerprint density at radius 3 is 2.69 bits per heavy atom. The summed E-state index contributed by atoms with van der Waals surface area (Å²) in [6.07, 6.45) is 3.33. The van der Waals surface area contributed by atoms with Crippen molar-refractivity contribution in [2.24, 2.45) is 11.5 Å². The van der Waals surface area contributed by atoms with Gasteiger partial charge in [0.15, 0.2) is 0 Å². The third-order valence-electron chi connectivity index (χ3n) is 5.49. The molecule has 10 nitrogen and oxygen atoms in total. The number of rotatable bonds is 5. The molecular formula is C21H26BrN7O3. The molecule has 2 fully saturated rings. The second-order valence-corrected chi connectivity index (χ2v) is 8.82. The van der Waals surface area contributed by atoms with Gasteiger partial charge in [-0.3, -0.25) is 9.59 Å². The monoisotopic (exact) mass is 503 g/mol. The number of aromatic nitrogens is 2. The van der Waals surface area contributed by atoms with Gasteiger partial charge in [-0.15, -0.1) is 0 Å². The van der Waals surface area contributed by atoms with E-state index in [2.05, 4.69) is 31.2 Å². The summed E-state index contributed by atoms with van der Waals surface area (Å²) >= 11 is 3.47. The maximum atomic E-state index is 12.9. The van der Waals surface area contributed by atoms with E-state index in [9.17, 15) is 9.59 Å². The van der Waals surface area contributed by atoms with Crippen LogP contribution in [0.3, 0.4) is 0 Å². The maximum Gasteiger partial charge on any atom is 0.254 e. The lowest BCUT2D eigenvalue weighted by Gasteiger charge is -2.31. The normalized spacial score (nSPS) is 19.0. The Labute approximate surface area is 194 Å². The zero-order chi connectivity index (χ0) is 22.7. The zero-order valence-electron chi connectivity index (χ0n) is 17.6. The SMILES string of the molecule is NC(=O)c1cnc(N2CCCC(N)C2)nc1Nc1cc(Br)cc(C(=O)N2CCOCC2)c1. The fourth-order valence-electron chi connectivity index (χ4n) is 3.86. The van der Waals surface area contributed by atoms with Gasteiger partial charge in [0.1, 0.15) is 11.4 Å². The Hall–Kier alpha value is -2.76. The van der Waals surface area contributed by atoms with Crippen molar-refractivity contribution < 1.29 is 14.3 Å². The highest BCUT2D eigenvalue weighted by Crippen LogP contribution is 2.26. The summed E-state index contributed by atoms with van der Waals surface area (Å²) in [5.41, 5.74) is 12.9. The van der Waals surface area contributed by atoms with Crippen LogP contribution in [0.1, 0.15) is 33.6 Å². The first-order chi connectivity index (χ1) is 15.4. The van der Waals surface area contributed by atoms with Crippen molar-refractivity contribution in [1.29, 1.82) is 0 Å². The van der Waals surface area contributed by atoms with Crippen molar-refractivity contribution >= 4 is 45.2 Å². The standard InChI is InChI=1S/C21H26BrN7O3/c22-14-8-13(20(31)28-4-6-32-7-5-28)9-16(10-14)26-19-17(18(24)30)11-25-21(27-19)29-3-1-2-15(23)12-29/h8-11,15H,1-7,12,23H2,(H2,24,30)(H,25,26,27). The van der Waals surface area contributed by atoms with Crippen molar-refractivity contribution in [2.75, 3.05) is 49.6 Å². The minimum Gasteiger partial charge on any atom is -0.378 e. The fraction of sp³-hybridized carbons (Fsp3) is 0.429. The molecular weight excluding hydrogens is 478 g/mol. The molecule has 2 aliphatic rings. The number of hydrogen-bond donors (Lipinski definition) is 3. The smallest absolute Gasteiger partial charge is 0.254 e. The Morgan fingerprint density at radius 1 is 1.19 bits per heavy atom. The van der Waals surface area contributed by atoms with Gasteiger partial charge < -0.3 is 31.3 Å². The largest absolute Gasteiger partial charge is 0.378 e. The molecule has 3 heterocycles. The molecule has 4 rings (SSSR count). The average molecular weight is 504 g/mol. The van der Waals surface area contributed by atoms with Gasteiger partial charge in [-0.25, -0.2) is 4.98 Å². The molecule has 0 aliphatic carbocycles. The topological polar surface area (TPSA) is 140 Å². The number of carbonyl (C=O) groups is 2. The van der Waals surface area contributed by atoms with Gasteiger partial charge in [0.2, 0.25) is 5.95 Å². The van der Waals surface area contributed by atoms with Gasteiger partial charge in [-0.05, 0) is 31.0 Å². The van der Waals surface area contributed by atoms with E-state index in [0.717, 1.165) is 23.9 Å². The number of primary amides is 1. The summed E-state index contributed by atoms with van der Waals surface area (Å²) < 4.78 is 6.05. The van der Waals surface area contributed by atoms with Crippen LogP contribution in [-0.4, -0.2) is 72.1 Å². The summed E-state index contributed by atoms with van der Waals surface area (Å²) in [5, 5.41) is 3.15. The lowest BCUT2D eigenvalue weighted by Crippen LogP contribution is -2.43.